The van der Waals surface area contributed by atoms with E-state index < -0.39 is 78.2 Å². The van der Waals surface area contributed by atoms with Crippen molar-refractivity contribution >= 4 is 41.4 Å². The van der Waals surface area contributed by atoms with E-state index in [1.165, 1.54) is 4.90 Å². The van der Waals surface area contributed by atoms with Crippen molar-refractivity contribution in [3.05, 3.63) is 71.8 Å². The highest BCUT2D eigenvalue weighted by molar-refractivity contribution is 6.38. The molecule has 300 valence electrons. The first-order chi connectivity index (χ1) is 26.2. The third-order valence-electron chi connectivity index (χ3n) is 9.02. The molecule has 0 radical (unpaired) electrons. The van der Waals surface area contributed by atoms with Gasteiger partial charge in [0.05, 0.1) is 31.9 Å². The molecule has 55 heavy (non-hydrogen) atoms. The Balaban J connectivity index is 1.69. The van der Waals surface area contributed by atoms with Crippen molar-refractivity contribution in [3.63, 3.8) is 0 Å². The maximum absolute atomic E-state index is 14.1. The normalized spacial score (nSPS) is 16.8. The topological polar surface area (TPSA) is 215 Å². The summed E-state index contributed by atoms with van der Waals surface area (Å²) >= 11 is 0. The van der Waals surface area contributed by atoms with Crippen molar-refractivity contribution in [2.45, 2.75) is 104 Å². The smallest absolute Gasteiger partial charge is 0.407 e. The predicted molar refractivity (Wildman–Crippen MR) is 204 cm³/mol. The van der Waals surface area contributed by atoms with E-state index in [-0.39, 0.29) is 50.9 Å². The number of benzene rings is 2. The summed E-state index contributed by atoms with van der Waals surface area (Å²) in [5.41, 5.74) is 7.33. The summed E-state index contributed by atoms with van der Waals surface area (Å²) in [6.45, 7) is 8.86. The van der Waals surface area contributed by atoms with Crippen molar-refractivity contribution < 1.29 is 43.0 Å². The first kappa shape index (κ1) is 44.1. The Kier molecular flexibility index (Phi) is 17.8. The van der Waals surface area contributed by atoms with E-state index in [0.717, 1.165) is 11.1 Å². The average Bonchev–Trinajstić information content (AvgIpc) is 3.60. The number of ether oxygens (including phenoxy) is 2. The molecular weight excluding hydrogens is 708 g/mol. The van der Waals surface area contributed by atoms with Crippen LogP contribution in [-0.4, -0.2) is 96.3 Å². The molecule has 0 aliphatic carbocycles. The summed E-state index contributed by atoms with van der Waals surface area (Å²) in [5.74, 6) is -5.06. The van der Waals surface area contributed by atoms with Crippen LogP contribution in [0.4, 0.5) is 4.79 Å². The molecule has 1 fully saturated rings. The van der Waals surface area contributed by atoms with Gasteiger partial charge in [0.2, 0.25) is 29.4 Å². The highest BCUT2D eigenvalue weighted by atomic mass is 16.5. The van der Waals surface area contributed by atoms with Crippen LogP contribution in [0.25, 0.3) is 0 Å². The molecule has 0 aromatic heterocycles. The highest BCUT2D eigenvalue weighted by Gasteiger charge is 2.44. The van der Waals surface area contributed by atoms with Crippen LogP contribution in [0.5, 0.6) is 0 Å². The van der Waals surface area contributed by atoms with Crippen LogP contribution in [0.2, 0.25) is 0 Å². The number of hydrogen-bond acceptors (Lipinski definition) is 9. The maximum atomic E-state index is 14.1. The van der Waals surface area contributed by atoms with Gasteiger partial charge in [-0.25, -0.2) is 4.79 Å². The number of amides is 6. The van der Waals surface area contributed by atoms with Crippen molar-refractivity contribution in [1.29, 1.82) is 0 Å². The van der Waals surface area contributed by atoms with Crippen molar-refractivity contribution in [2.75, 3.05) is 19.7 Å². The Labute approximate surface area is 322 Å². The predicted octanol–water partition coefficient (Wildman–Crippen LogP) is 2.15. The summed E-state index contributed by atoms with van der Waals surface area (Å²) in [4.78, 5) is 92.9. The number of carbonyl (C=O) groups is 7. The third kappa shape index (κ3) is 14.5. The van der Waals surface area contributed by atoms with Gasteiger partial charge in [0.1, 0.15) is 18.1 Å². The van der Waals surface area contributed by atoms with Gasteiger partial charge >= 0.3 is 6.09 Å². The SMILES string of the molecule is CCCC(NC(=O)[C@@H]1C[C@@H](OCc2ccccc2)CN1C(=O)C(NC(=O)OCC(C)C)C(C)C)C(=O)C(=O)NCC(=O)NC(CCc1ccccc1)C(N)=O. The van der Waals surface area contributed by atoms with E-state index in [9.17, 15) is 33.6 Å². The van der Waals surface area contributed by atoms with Crippen LogP contribution < -0.4 is 27.0 Å². The lowest BCUT2D eigenvalue weighted by molar-refractivity contribution is -0.143. The van der Waals surface area contributed by atoms with Crippen molar-refractivity contribution in [2.24, 2.45) is 17.6 Å². The number of primary amides is 1. The number of nitrogens with zero attached hydrogens (tertiary/aromatic N) is 1. The fraction of sp³-hybridized carbons (Fsp3) is 0.525. The maximum Gasteiger partial charge on any atom is 0.407 e. The van der Waals surface area contributed by atoms with Gasteiger partial charge in [0.25, 0.3) is 5.91 Å². The molecule has 1 aliphatic rings. The molecule has 6 amide bonds. The third-order valence-corrected chi connectivity index (χ3v) is 9.02. The number of carbonyl (C=O) groups excluding carboxylic acids is 7. The quantitative estimate of drug-likeness (QED) is 0.118. The molecule has 0 spiro atoms. The first-order valence-corrected chi connectivity index (χ1v) is 18.8. The van der Waals surface area contributed by atoms with Gasteiger partial charge in [0, 0.05) is 13.0 Å². The molecule has 5 atom stereocenters. The van der Waals surface area contributed by atoms with Gasteiger partial charge in [-0.2, -0.15) is 0 Å². The van der Waals surface area contributed by atoms with Crippen LogP contribution in [0.15, 0.2) is 60.7 Å². The molecule has 2 aromatic rings. The number of likely N-dealkylation sites (tertiary alicyclic amines) is 1. The number of nitrogens with two attached hydrogens (primary N) is 1. The number of Topliss-reactive ketones (excluding diaryl/α,β-unsaturated/α-hetero) is 1. The molecule has 1 heterocycles. The monoisotopic (exact) mass is 764 g/mol. The minimum absolute atomic E-state index is 0.0370. The molecule has 15 heteroatoms. The molecular formula is C40H56N6O9. The zero-order valence-corrected chi connectivity index (χ0v) is 32.4. The van der Waals surface area contributed by atoms with Gasteiger partial charge in [-0.15, -0.1) is 0 Å². The number of ketones is 1. The van der Waals surface area contributed by atoms with E-state index in [1.807, 2.05) is 74.5 Å². The molecule has 1 aliphatic heterocycles. The lowest BCUT2D eigenvalue weighted by atomic mass is 10.0. The zero-order chi connectivity index (χ0) is 40.5. The van der Waals surface area contributed by atoms with Gasteiger partial charge < -0.3 is 41.4 Å². The summed E-state index contributed by atoms with van der Waals surface area (Å²) in [6.07, 6.45) is -0.000378. The van der Waals surface area contributed by atoms with Crippen LogP contribution in [0.1, 0.15) is 71.4 Å². The Morgan fingerprint density at radius 3 is 2.05 bits per heavy atom. The molecule has 1 saturated heterocycles. The van der Waals surface area contributed by atoms with Gasteiger partial charge in [0.15, 0.2) is 0 Å². The first-order valence-electron chi connectivity index (χ1n) is 18.8. The van der Waals surface area contributed by atoms with E-state index in [2.05, 4.69) is 21.3 Å². The Hall–Kier alpha value is -5.31. The van der Waals surface area contributed by atoms with Crippen LogP contribution in [-0.2, 0) is 51.3 Å². The van der Waals surface area contributed by atoms with Crippen LogP contribution in [0.3, 0.4) is 0 Å². The largest absolute Gasteiger partial charge is 0.449 e. The fourth-order valence-corrected chi connectivity index (χ4v) is 6.02. The summed E-state index contributed by atoms with van der Waals surface area (Å²) in [7, 11) is 0. The van der Waals surface area contributed by atoms with Crippen LogP contribution in [0, 0.1) is 11.8 Å². The zero-order valence-electron chi connectivity index (χ0n) is 32.4. The van der Waals surface area contributed by atoms with E-state index in [0.29, 0.717) is 12.8 Å². The Bertz CT molecular complexity index is 1600. The molecule has 2 aromatic carbocycles. The van der Waals surface area contributed by atoms with Gasteiger partial charge in [-0.05, 0) is 42.2 Å². The molecule has 0 bridgehead atoms. The van der Waals surface area contributed by atoms with E-state index in [4.69, 9.17) is 15.2 Å². The van der Waals surface area contributed by atoms with Gasteiger partial charge in [-0.3, -0.25) is 28.8 Å². The minimum Gasteiger partial charge on any atom is -0.449 e. The van der Waals surface area contributed by atoms with Gasteiger partial charge in [-0.1, -0.05) is 102 Å². The second-order valence-electron chi connectivity index (χ2n) is 14.5. The number of alkyl carbamates (subject to hydrolysis) is 1. The minimum atomic E-state index is -1.27. The number of nitrogens with one attached hydrogen (secondary N) is 4. The second kappa shape index (κ2) is 22.2. The lowest BCUT2D eigenvalue weighted by Crippen LogP contribution is -2.57. The molecule has 15 nitrogen and oxygen atoms in total. The summed E-state index contributed by atoms with van der Waals surface area (Å²) in [6, 6.07) is 14.3. The standard InChI is InChI=1S/C40H56N6O9/c1-6-13-30(35(48)38(51)42-21-33(47)43-31(36(41)49)19-18-27-14-9-7-10-15-27)44-37(50)32-20-29(54-24-28-16-11-8-12-17-28)22-46(32)39(52)34(26(4)5)45-40(53)55-23-25(2)3/h7-12,14-17,25-26,29-32,34H,6,13,18-24H2,1-5H3,(H2,41,49)(H,42,51)(H,43,47)(H,44,50)(H,45,53)/t29-,30?,31?,32+,34?/m1/s1. The molecule has 0 saturated carbocycles. The Morgan fingerprint density at radius 2 is 1.47 bits per heavy atom. The number of rotatable bonds is 21. The average molecular weight is 765 g/mol. The Morgan fingerprint density at radius 1 is 0.836 bits per heavy atom. The van der Waals surface area contributed by atoms with E-state index in [1.54, 1.807) is 20.8 Å². The highest BCUT2D eigenvalue weighted by Crippen LogP contribution is 2.25. The molecule has 6 N–H and O–H groups in total. The molecule has 3 rings (SSSR count). The summed E-state index contributed by atoms with van der Waals surface area (Å²) in [5, 5.41) is 10.1. The summed E-state index contributed by atoms with van der Waals surface area (Å²) < 4.78 is 11.4. The molecule has 3 unspecified atom stereocenters. The number of hydrogen-bond donors (Lipinski definition) is 5. The fourth-order valence-electron chi connectivity index (χ4n) is 6.02. The lowest BCUT2D eigenvalue weighted by Gasteiger charge is -2.31. The van der Waals surface area contributed by atoms with Crippen molar-refractivity contribution in [1.82, 2.24) is 26.2 Å². The van der Waals surface area contributed by atoms with E-state index >= 15 is 0 Å². The second-order valence-corrected chi connectivity index (χ2v) is 14.5. The number of aryl methyl sites for hydroxylation is 1. The van der Waals surface area contributed by atoms with Crippen molar-refractivity contribution in [3.8, 4) is 0 Å². The van der Waals surface area contributed by atoms with Crippen LogP contribution >= 0.6 is 0 Å².